The summed E-state index contributed by atoms with van der Waals surface area (Å²) in [6.45, 7) is 4.01. The number of hydrogen-bond acceptors (Lipinski definition) is 4. The van der Waals surface area contributed by atoms with Crippen LogP contribution in [0.15, 0.2) is 18.2 Å². The number of hydrogen-bond donors (Lipinski definition) is 0. The molecule has 1 aromatic carbocycles. The highest BCUT2D eigenvalue weighted by Gasteiger charge is 2.30. The zero-order valence-corrected chi connectivity index (χ0v) is 12.3. The van der Waals surface area contributed by atoms with E-state index in [2.05, 4.69) is 22.6 Å². The van der Waals surface area contributed by atoms with Crippen LogP contribution in [0.25, 0.3) is 0 Å². The van der Waals surface area contributed by atoms with Crippen LogP contribution in [0.5, 0.6) is 5.75 Å². The Morgan fingerprint density at radius 2 is 2.28 bits per heavy atom. The van der Waals surface area contributed by atoms with Gasteiger partial charge in [-0.1, -0.05) is 29.5 Å². The average molecular weight is 360 g/mol. The fraction of sp³-hybridized carbons (Fsp3) is 0.385. The number of esters is 2. The van der Waals surface area contributed by atoms with Crippen LogP contribution in [-0.4, -0.2) is 15.4 Å². The van der Waals surface area contributed by atoms with E-state index in [0.29, 0.717) is 17.7 Å². The van der Waals surface area contributed by atoms with Crippen molar-refractivity contribution in [1.29, 1.82) is 0 Å². The van der Waals surface area contributed by atoms with Crippen molar-refractivity contribution in [3.63, 3.8) is 0 Å². The molecular formula is C13H13IO4. The van der Waals surface area contributed by atoms with E-state index < -0.39 is 3.42 Å². The lowest BCUT2D eigenvalue weighted by Gasteiger charge is -2.18. The second kappa shape index (κ2) is 4.87. The van der Waals surface area contributed by atoms with Crippen molar-refractivity contribution in [2.75, 3.05) is 0 Å². The van der Waals surface area contributed by atoms with E-state index in [-0.39, 0.29) is 18.5 Å². The van der Waals surface area contributed by atoms with E-state index in [1.54, 1.807) is 18.2 Å². The summed E-state index contributed by atoms with van der Waals surface area (Å²) in [5, 5.41) is 0. The molecule has 2 rings (SSSR count). The molecular weight excluding hydrogens is 347 g/mol. The van der Waals surface area contributed by atoms with Crippen molar-refractivity contribution >= 4 is 34.5 Å². The topological polar surface area (TPSA) is 52.6 Å². The Labute approximate surface area is 119 Å². The molecule has 1 aromatic rings. The Bertz CT molecular complexity index is 508. The van der Waals surface area contributed by atoms with Gasteiger partial charge in [-0.25, -0.2) is 4.79 Å². The molecule has 0 spiro atoms. The van der Waals surface area contributed by atoms with Crippen LogP contribution in [0.3, 0.4) is 0 Å². The average Bonchev–Trinajstić information content (AvgIpc) is 2.70. The fourth-order valence-electron chi connectivity index (χ4n) is 1.53. The zero-order valence-electron chi connectivity index (χ0n) is 10.2. The van der Waals surface area contributed by atoms with Crippen molar-refractivity contribution in [2.24, 2.45) is 0 Å². The largest absolute Gasteiger partial charge is 0.457 e. The van der Waals surface area contributed by atoms with E-state index in [0.717, 1.165) is 5.56 Å². The predicted octanol–water partition coefficient (Wildman–Crippen LogP) is 2.87. The summed E-state index contributed by atoms with van der Waals surface area (Å²) in [5.41, 5.74) is 1.31. The highest BCUT2D eigenvalue weighted by Crippen LogP contribution is 2.28. The first-order valence-electron chi connectivity index (χ1n) is 5.65. The lowest BCUT2D eigenvalue weighted by Crippen LogP contribution is -2.31. The van der Waals surface area contributed by atoms with Gasteiger partial charge in [-0.15, -0.1) is 0 Å². The van der Waals surface area contributed by atoms with Crippen molar-refractivity contribution in [1.82, 2.24) is 0 Å². The van der Waals surface area contributed by atoms with Gasteiger partial charge in [-0.2, -0.15) is 0 Å². The molecule has 1 aliphatic heterocycles. The molecule has 0 N–H and O–H groups in total. The maximum absolute atomic E-state index is 11.9. The Kier molecular flexibility index (Phi) is 3.61. The van der Waals surface area contributed by atoms with Crippen LogP contribution < -0.4 is 4.74 Å². The number of carbonyl (C=O) groups excluding carboxylic acids is 2. The van der Waals surface area contributed by atoms with Gasteiger partial charge in [0, 0.05) is 5.56 Å². The standard InChI is InChI=1S/C13H13IO4/c1-3-13(2,14)12(16)18-9-4-5-10-8(6-9)7-17-11(10)15/h4-6H,3,7H2,1-2H3. The predicted molar refractivity (Wildman–Crippen MR) is 73.9 cm³/mol. The van der Waals surface area contributed by atoms with Crippen molar-refractivity contribution in [3.8, 4) is 5.75 Å². The van der Waals surface area contributed by atoms with Gasteiger partial charge in [0.05, 0.1) is 5.56 Å². The number of carbonyl (C=O) groups is 2. The monoisotopic (exact) mass is 360 g/mol. The smallest absolute Gasteiger partial charge is 0.338 e. The summed E-state index contributed by atoms with van der Waals surface area (Å²) >= 11 is 2.08. The van der Waals surface area contributed by atoms with E-state index >= 15 is 0 Å². The van der Waals surface area contributed by atoms with Crippen LogP contribution in [0.1, 0.15) is 36.2 Å². The molecule has 5 heteroatoms. The van der Waals surface area contributed by atoms with Gasteiger partial charge in [0.2, 0.25) is 0 Å². The Morgan fingerprint density at radius 3 is 2.94 bits per heavy atom. The van der Waals surface area contributed by atoms with Gasteiger partial charge in [-0.3, -0.25) is 4.79 Å². The third-order valence-electron chi connectivity index (χ3n) is 2.96. The summed E-state index contributed by atoms with van der Waals surface area (Å²) in [4.78, 5) is 23.2. The van der Waals surface area contributed by atoms with Crippen LogP contribution in [0.4, 0.5) is 0 Å². The summed E-state index contributed by atoms with van der Waals surface area (Å²) in [7, 11) is 0. The first-order chi connectivity index (χ1) is 8.44. The summed E-state index contributed by atoms with van der Waals surface area (Å²) in [5.74, 6) is -0.153. The fourth-order valence-corrected chi connectivity index (χ4v) is 1.64. The van der Waals surface area contributed by atoms with Crippen molar-refractivity contribution < 1.29 is 19.1 Å². The maximum Gasteiger partial charge on any atom is 0.338 e. The number of rotatable bonds is 3. The van der Waals surface area contributed by atoms with E-state index in [4.69, 9.17) is 9.47 Å². The van der Waals surface area contributed by atoms with Crippen LogP contribution in [0, 0.1) is 0 Å². The van der Waals surface area contributed by atoms with E-state index in [9.17, 15) is 9.59 Å². The van der Waals surface area contributed by atoms with Gasteiger partial charge >= 0.3 is 11.9 Å². The number of alkyl halides is 1. The molecule has 0 radical (unpaired) electrons. The van der Waals surface area contributed by atoms with Crippen LogP contribution >= 0.6 is 22.6 Å². The number of ether oxygens (including phenoxy) is 2. The molecule has 0 fully saturated rings. The van der Waals surface area contributed by atoms with E-state index in [1.807, 2.05) is 13.8 Å². The van der Waals surface area contributed by atoms with Crippen molar-refractivity contribution in [2.45, 2.75) is 30.3 Å². The molecule has 1 heterocycles. The molecule has 1 aliphatic rings. The number of cyclic esters (lactones) is 1. The minimum Gasteiger partial charge on any atom is -0.457 e. The zero-order chi connectivity index (χ0) is 13.3. The third-order valence-corrected chi connectivity index (χ3v) is 4.16. The molecule has 0 bridgehead atoms. The number of benzene rings is 1. The number of halogens is 1. The molecule has 18 heavy (non-hydrogen) atoms. The lowest BCUT2D eigenvalue weighted by molar-refractivity contribution is -0.136. The molecule has 1 atom stereocenters. The molecule has 0 saturated heterocycles. The molecule has 0 saturated carbocycles. The second-order valence-electron chi connectivity index (χ2n) is 4.34. The molecule has 0 aliphatic carbocycles. The van der Waals surface area contributed by atoms with Gasteiger partial charge in [0.15, 0.2) is 0 Å². The molecule has 0 aromatic heterocycles. The Hall–Kier alpha value is -1.11. The summed E-state index contributed by atoms with van der Waals surface area (Å²) < 4.78 is 9.67. The van der Waals surface area contributed by atoms with Gasteiger partial charge < -0.3 is 9.47 Å². The number of fused-ring (bicyclic) bond motifs is 1. The highest BCUT2D eigenvalue weighted by molar-refractivity contribution is 14.1. The minimum absolute atomic E-state index is 0.245. The van der Waals surface area contributed by atoms with Crippen molar-refractivity contribution in [3.05, 3.63) is 29.3 Å². The molecule has 4 nitrogen and oxygen atoms in total. The second-order valence-corrected chi connectivity index (χ2v) is 6.72. The first kappa shape index (κ1) is 13.3. The minimum atomic E-state index is -0.539. The quantitative estimate of drug-likeness (QED) is 0.360. The van der Waals surface area contributed by atoms with E-state index in [1.165, 1.54) is 0 Å². The normalized spacial score (nSPS) is 16.7. The van der Waals surface area contributed by atoms with Crippen LogP contribution in [0.2, 0.25) is 0 Å². The molecule has 1 unspecified atom stereocenters. The SMILES string of the molecule is CCC(C)(I)C(=O)Oc1ccc2c(c1)COC2=O. The molecule has 96 valence electrons. The van der Waals surface area contributed by atoms with Crippen LogP contribution in [-0.2, 0) is 16.1 Å². The van der Waals surface area contributed by atoms with Gasteiger partial charge in [0.1, 0.15) is 15.8 Å². The maximum atomic E-state index is 11.9. The van der Waals surface area contributed by atoms with Gasteiger partial charge in [0.25, 0.3) is 0 Å². The highest BCUT2D eigenvalue weighted by atomic mass is 127. The van der Waals surface area contributed by atoms with Gasteiger partial charge in [-0.05, 0) is 31.5 Å². The molecule has 0 amide bonds. The third kappa shape index (κ3) is 2.50. The lowest BCUT2D eigenvalue weighted by atomic mass is 10.1. The Balaban J connectivity index is 2.17. The summed E-state index contributed by atoms with van der Waals surface area (Å²) in [6.07, 6.45) is 0.693. The first-order valence-corrected chi connectivity index (χ1v) is 6.73. The Morgan fingerprint density at radius 1 is 1.56 bits per heavy atom. The summed E-state index contributed by atoms with van der Waals surface area (Å²) in [6, 6.07) is 4.93.